The van der Waals surface area contributed by atoms with Crippen LogP contribution in [0.2, 0.25) is 0 Å². The van der Waals surface area contributed by atoms with E-state index in [1.54, 1.807) is 0 Å². The van der Waals surface area contributed by atoms with E-state index >= 15 is 0 Å². The lowest BCUT2D eigenvalue weighted by molar-refractivity contribution is 0.0871. The molecule has 94 valence electrons. The summed E-state index contributed by atoms with van der Waals surface area (Å²) >= 11 is 0. The summed E-state index contributed by atoms with van der Waals surface area (Å²) < 4.78 is 0. The van der Waals surface area contributed by atoms with E-state index in [9.17, 15) is 0 Å². The second-order valence-corrected chi connectivity index (χ2v) is 6.04. The van der Waals surface area contributed by atoms with Crippen LogP contribution in [0.1, 0.15) is 46.5 Å². The van der Waals surface area contributed by atoms with Gasteiger partial charge in [0.1, 0.15) is 0 Å². The summed E-state index contributed by atoms with van der Waals surface area (Å²) in [6, 6.07) is 1.52. The van der Waals surface area contributed by atoms with Gasteiger partial charge in [0, 0.05) is 18.6 Å². The Kier molecular flexibility index (Phi) is 4.26. The minimum absolute atomic E-state index is 0.737. The summed E-state index contributed by atoms with van der Waals surface area (Å²) in [4.78, 5) is 2.72. The van der Waals surface area contributed by atoms with Crippen LogP contribution in [-0.4, -0.2) is 36.6 Å². The molecule has 0 aromatic carbocycles. The first-order valence-electron chi connectivity index (χ1n) is 7.16. The van der Waals surface area contributed by atoms with Crippen LogP contribution >= 0.6 is 0 Å². The molecule has 2 aliphatic rings. The van der Waals surface area contributed by atoms with Gasteiger partial charge in [0.15, 0.2) is 0 Å². The van der Waals surface area contributed by atoms with Crippen molar-refractivity contribution in [2.24, 2.45) is 11.8 Å². The minimum atomic E-state index is 0.737. The number of likely N-dealkylation sites (tertiary alicyclic amines) is 1. The molecule has 2 saturated heterocycles. The largest absolute Gasteiger partial charge is 0.312 e. The Morgan fingerprint density at radius 3 is 2.56 bits per heavy atom. The van der Waals surface area contributed by atoms with Crippen molar-refractivity contribution < 1.29 is 0 Å². The number of rotatable bonds is 2. The monoisotopic (exact) mass is 224 g/mol. The van der Waals surface area contributed by atoms with Crippen molar-refractivity contribution in [3.05, 3.63) is 0 Å². The molecule has 0 aliphatic carbocycles. The van der Waals surface area contributed by atoms with Crippen LogP contribution in [0.3, 0.4) is 0 Å². The third kappa shape index (κ3) is 2.78. The molecular formula is C14H28N2. The average molecular weight is 224 g/mol. The van der Waals surface area contributed by atoms with E-state index in [0.29, 0.717) is 0 Å². The van der Waals surface area contributed by atoms with Crippen LogP contribution in [0.25, 0.3) is 0 Å². The second-order valence-electron chi connectivity index (χ2n) is 6.04. The predicted octanol–water partition coefficient (Wildman–Crippen LogP) is 2.49. The van der Waals surface area contributed by atoms with Crippen molar-refractivity contribution in [3.8, 4) is 0 Å². The van der Waals surface area contributed by atoms with E-state index in [-0.39, 0.29) is 0 Å². The van der Waals surface area contributed by atoms with Gasteiger partial charge in [0.25, 0.3) is 0 Å². The summed E-state index contributed by atoms with van der Waals surface area (Å²) in [7, 11) is 0. The third-order valence-electron chi connectivity index (χ3n) is 4.87. The van der Waals surface area contributed by atoms with E-state index in [2.05, 4.69) is 31.0 Å². The highest BCUT2D eigenvalue weighted by Crippen LogP contribution is 2.25. The first-order chi connectivity index (χ1) is 7.68. The van der Waals surface area contributed by atoms with Gasteiger partial charge in [-0.2, -0.15) is 0 Å². The molecule has 2 aliphatic heterocycles. The molecule has 0 amide bonds. The lowest BCUT2D eigenvalue weighted by Crippen LogP contribution is -2.52. The van der Waals surface area contributed by atoms with Gasteiger partial charge in [-0.15, -0.1) is 0 Å². The fourth-order valence-electron chi connectivity index (χ4n) is 3.29. The maximum absolute atomic E-state index is 3.71. The van der Waals surface area contributed by atoms with Gasteiger partial charge in [0.2, 0.25) is 0 Å². The van der Waals surface area contributed by atoms with E-state index in [4.69, 9.17) is 0 Å². The van der Waals surface area contributed by atoms with Gasteiger partial charge in [0.05, 0.1) is 0 Å². The average Bonchev–Trinajstić information content (AvgIpc) is 2.28. The Bertz CT molecular complexity index is 217. The summed E-state index contributed by atoms with van der Waals surface area (Å²) in [5, 5.41) is 3.71. The second kappa shape index (κ2) is 5.50. The van der Waals surface area contributed by atoms with Crippen molar-refractivity contribution in [2.75, 3.05) is 19.6 Å². The Morgan fingerprint density at radius 2 is 1.81 bits per heavy atom. The Labute approximate surface area is 101 Å². The number of piperidine rings is 2. The number of hydrogen-bond donors (Lipinski definition) is 1. The molecule has 1 N–H and O–H groups in total. The molecule has 4 unspecified atom stereocenters. The van der Waals surface area contributed by atoms with E-state index in [1.165, 1.54) is 45.3 Å². The Hall–Kier alpha value is -0.0800. The van der Waals surface area contributed by atoms with Crippen molar-refractivity contribution in [1.82, 2.24) is 10.2 Å². The van der Waals surface area contributed by atoms with Gasteiger partial charge in [-0.1, -0.05) is 13.8 Å². The summed E-state index contributed by atoms with van der Waals surface area (Å²) in [6.07, 6.45) is 5.59. The zero-order valence-corrected chi connectivity index (χ0v) is 11.2. The molecule has 16 heavy (non-hydrogen) atoms. The summed E-state index contributed by atoms with van der Waals surface area (Å²) in [6.45, 7) is 11.1. The first-order valence-corrected chi connectivity index (χ1v) is 7.16. The van der Waals surface area contributed by atoms with Gasteiger partial charge in [-0.3, -0.25) is 4.90 Å². The highest BCUT2D eigenvalue weighted by atomic mass is 15.2. The fourth-order valence-corrected chi connectivity index (χ4v) is 3.29. The van der Waals surface area contributed by atoms with Crippen LogP contribution in [-0.2, 0) is 0 Å². The van der Waals surface area contributed by atoms with Crippen molar-refractivity contribution in [3.63, 3.8) is 0 Å². The number of nitrogens with one attached hydrogen (secondary N) is 1. The molecular weight excluding hydrogens is 196 g/mol. The maximum Gasteiger partial charge on any atom is 0.0220 e. The standard InChI is InChI=1S/C14H28N2/c1-11-7-5-9-16(13(11)3)10-14-12(2)6-4-8-15-14/h11-15H,4-10H2,1-3H3. The molecule has 2 heteroatoms. The van der Waals surface area contributed by atoms with Crippen molar-refractivity contribution >= 4 is 0 Å². The van der Waals surface area contributed by atoms with Gasteiger partial charge >= 0.3 is 0 Å². The van der Waals surface area contributed by atoms with Gasteiger partial charge in [-0.25, -0.2) is 0 Å². The molecule has 0 bridgehead atoms. The highest BCUT2D eigenvalue weighted by Gasteiger charge is 2.29. The SMILES string of the molecule is CC1CCCNC1CN1CCCC(C)C1C. The van der Waals surface area contributed by atoms with Crippen LogP contribution in [0.4, 0.5) is 0 Å². The van der Waals surface area contributed by atoms with Crippen LogP contribution < -0.4 is 5.32 Å². The molecule has 2 fully saturated rings. The lowest BCUT2D eigenvalue weighted by atomic mass is 9.88. The maximum atomic E-state index is 3.71. The van der Waals surface area contributed by atoms with Crippen molar-refractivity contribution in [2.45, 2.75) is 58.5 Å². The minimum Gasteiger partial charge on any atom is -0.312 e. The topological polar surface area (TPSA) is 15.3 Å². The smallest absolute Gasteiger partial charge is 0.0220 e. The molecule has 2 heterocycles. The highest BCUT2D eigenvalue weighted by molar-refractivity contribution is 4.86. The first kappa shape index (κ1) is 12.4. The molecule has 0 aromatic heterocycles. The Morgan fingerprint density at radius 1 is 1.06 bits per heavy atom. The molecule has 2 rings (SSSR count). The van der Waals surface area contributed by atoms with Gasteiger partial charge < -0.3 is 5.32 Å². The summed E-state index contributed by atoms with van der Waals surface area (Å²) in [5.74, 6) is 1.74. The predicted molar refractivity (Wildman–Crippen MR) is 69.6 cm³/mol. The van der Waals surface area contributed by atoms with Crippen molar-refractivity contribution in [1.29, 1.82) is 0 Å². The zero-order valence-electron chi connectivity index (χ0n) is 11.2. The zero-order chi connectivity index (χ0) is 11.5. The normalized spacial score (nSPS) is 42.2. The van der Waals surface area contributed by atoms with E-state index < -0.39 is 0 Å². The van der Waals surface area contributed by atoms with Crippen LogP contribution in [0.5, 0.6) is 0 Å². The van der Waals surface area contributed by atoms with E-state index in [1.807, 2.05) is 0 Å². The van der Waals surface area contributed by atoms with Crippen LogP contribution in [0, 0.1) is 11.8 Å². The lowest BCUT2D eigenvalue weighted by Gasteiger charge is -2.42. The van der Waals surface area contributed by atoms with E-state index in [0.717, 1.165) is 23.9 Å². The van der Waals surface area contributed by atoms with Crippen LogP contribution in [0.15, 0.2) is 0 Å². The van der Waals surface area contributed by atoms with Gasteiger partial charge in [-0.05, 0) is 57.5 Å². The molecule has 0 aromatic rings. The molecule has 0 spiro atoms. The Balaban J connectivity index is 1.87. The molecule has 4 atom stereocenters. The molecule has 0 radical (unpaired) electrons. The number of hydrogen-bond acceptors (Lipinski definition) is 2. The molecule has 2 nitrogen and oxygen atoms in total. The quantitative estimate of drug-likeness (QED) is 0.775. The summed E-state index contributed by atoms with van der Waals surface area (Å²) in [5.41, 5.74) is 0. The fraction of sp³-hybridized carbons (Fsp3) is 1.00. The third-order valence-corrected chi connectivity index (χ3v) is 4.87. The number of nitrogens with zero attached hydrogens (tertiary/aromatic N) is 1. The molecule has 0 saturated carbocycles.